The Morgan fingerprint density at radius 3 is 2.72 bits per heavy atom. The van der Waals surface area contributed by atoms with Gasteiger partial charge in [0, 0.05) is 0 Å². The van der Waals surface area contributed by atoms with Crippen molar-refractivity contribution in [3.05, 3.63) is 34.4 Å². The van der Waals surface area contributed by atoms with Crippen LogP contribution in [0, 0.1) is 6.92 Å². The van der Waals surface area contributed by atoms with Crippen LogP contribution in [0.3, 0.4) is 0 Å². The van der Waals surface area contributed by atoms with E-state index in [9.17, 15) is 4.79 Å². The quantitative estimate of drug-likeness (QED) is 0.818. The fourth-order valence-electron chi connectivity index (χ4n) is 1.89. The van der Waals surface area contributed by atoms with Gasteiger partial charge in [0.1, 0.15) is 11.6 Å². The van der Waals surface area contributed by atoms with E-state index >= 15 is 0 Å². The molecule has 18 heavy (non-hydrogen) atoms. The molecule has 0 aliphatic rings. The van der Waals surface area contributed by atoms with Crippen molar-refractivity contribution in [2.45, 2.75) is 13.6 Å². The number of rotatable bonds is 3. The van der Waals surface area contributed by atoms with E-state index in [4.69, 9.17) is 4.74 Å². The van der Waals surface area contributed by atoms with Crippen molar-refractivity contribution in [2.24, 2.45) is 0 Å². The van der Waals surface area contributed by atoms with Gasteiger partial charge < -0.3 is 4.74 Å². The van der Waals surface area contributed by atoms with Crippen molar-refractivity contribution in [1.29, 1.82) is 0 Å². The molecule has 2 aromatic rings. The highest BCUT2D eigenvalue weighted by molar-refractivity contribution is 5.79. The van der Waals surface area contributed by atoms with Crippen LogP contribution in [0.2, 0.25) is 0 Å². The molecule has 2 rings (SSSR count). The maximum Gasteiger partial charge on any atom is 0.262 e. The Hall–Kier alpha value is -1.88. The average molecular weight is 247 g/mol. The number of methoxy groups -OCH3 is 1. The van der Waals surface area contributed by atoms with Crippen molar-refractivity contribution in [3.63, 3.8) is 0 Å². The minimum Gasteiger partial charge on any atom is -0.497 e. The van der Waals surface area contributed by atoms with Crippen LogP contribution in [0.25, 0.3) is 10.9 Å². The van der Waals surface area contributed by atoms with Crippen molar-refractivity contribution in [1.82, 2.24) is 14.5 Å². The molecule has 0 bridgehead atoms. The number of benzene rings is 1. The molecular weight excluding hydrogens is 230 g/mol. The number of fused-ring (bicyclic) bond motifs is 1. The normalized spacial score (nSPS) is 11.2. The van der Waals surface area contributed by atoms with E-state index in [1.54, 1.807) is 17.7 Å². The molecule has 0 saturated carbocycles. The Morgan fingerprint density at radius 1 is 1.39 bits per heavy atom. The lowest BCUT2D eigenvalue weighted by Crippen LogP contribution is -2.30. The molecule has 0 amide bonds. The van der Waals surface area contributed by atoms with Gasteiger partial charge in [0.05, 0.1) is 24.7 Å². The Labute approximate surface area is 106 Å². The second kappa shape index (κ2) is 4.78. The van der Waals surface area contributed by atoms with Gasteiger partial charge in [-0.15, -0.1) is 0 Å². The van der Waals surface area contributed by atoms with Crippen molar-refractivity contribution < 1.29 is 4.74 Å². The highest BCUT2D eigenvalue weighted by Crippen LogP contribution is 2.16. The van der Waals surface area contributed by atoms with Crippen molar-refractivity contribution in [2.75, 3.05) is 21.2 Å². The number of aryl methyl sites for hydroxylation is 1. The fraction of sp³-hybridized carbons (Fsp3) is 0.385. The predicted octanol–water partition coefficient (Wildman–Crippen LogP) is 1.23. The zero-order valence-electron chi connectivity index (χ0n) is 11.1. The first-order valence-electron chi connectivity index (χ1n) is 5.73. The molecule has 5 nitrogen and oxygen atoms in total. The van der Waals surface area contributed by atoms with E-state index in [0.717, 1.165) is 0 Å². The lowest BCUT2D eigenvalue weighted by atomic mass is 10.2. The predicted molar refractivity (Wildman–Crippen MR) is 71.0 cm³/mol. The molecule has 0 saturated heterocycles. The molecule has 1 heterocycles. The van der Waals surface area contributed by atoms with Gasteiger partial charge in [-0.3, -0.25) is 14.3 Å². The van der Waals surface area contributed by atoms with Gasteiger partial charge in [-0.25, -0.2) is 4.98 Å². The van der Waals surface area contributed by atoms with Gasteiger partial charge in [0.2, 0.25) is 0 Å². The second-order valence-corrected chi connectivity index (χ2v) is 4.50. The highest BCUT2D eigenvalue weighted by Gasteiger charge is 2.09. The van der Waals surface area contributed by atoms with Crippen LogP contribution in [0.5, 0.6) is 5.75 Å². The topological polar surface area (TPSA) is 47.4 Å². The lowest BCUT2D eigenvalue weighted by Gasteiger charge is -2.15. The van der Waals surface area contributed by atoms with Crippen molar-refractivity contribution >= 4 is 10.9 Å². The van der Waals surface area contributed by atoms with E-state index in [1.807, 2.05) is 38.1 Å². The summed E-state index contributed by atoms with van der Waals surface area (Å²) in [4.78, 5) is 18.8. The number of ether oxygens (including phenoxy) is 1. The molecule has 0 unspecified atom stereocenters. The molecule has 5 heteroatoms. The van der Waals surface area contributed by atoms with Crippen LogP contribution in [0.1, 0.15) is 5.82 Å². The lowest BCUT2D eigenvalue weighted by molar-refractivity contribution is 0.315. The van der Waals surface area contributed by atoms with Gasteiger partial charge in [-0.05, 0) is 39.2 Å². The van der Waals surface area contributed by atoms with Gasteiger partial charge in [0.25, 0.3) is 5.56 Å². The minimum absolute atomic E-state index is 0.0369. The molecule has 0 aliphatic heterocycles. The SMILES string of the molecule is COc1ccc2nc(C)n(CN(C)C)c(=O)c2c1. The maximum atomic E-state index is 12.4. The van der Waals surface area contributed by atoms with Crippen LogP contribution in [-0.2, 0) is 6.67 Å². The summed E-state index contributed by atoms with van der Waals surface area (Å²) in [6.45, 7) is 2.36. The van der Waals surface area contributed by atoms with E-state index < -0.39 is 0 Å². The summed E-state index contributed by atoms with van der Waals surface area (Å²) in [5.41, 5.74) is 0.665. The first-order chi connectivity index (χ1) is 8.52. The zero-order valence-corrected chi connectivity index (χ0v) is 11.1. The van der Waals surface area contributed by atoms with Crippen LogP contribution >= 0.6 is 0 Å². The Balaban J connectivity index is 2.70. The van der Waals surface area contributed by atoms with Crippen molar-refractivity contribution in [3.8, 4) is 5.75 Å². The summed E-state index contributed by atoms with van der Waals surface area (Å²) in [6, 6.07) is 5.35. The van der Waals surface area contributed by atoms with Crippen LogP contribution in [0.15, 0.2) is 23.0 Å². The Kier molecular flexibility index (Phi) is 3.34. The van der Waals surface area contributed by atoms with E-state index in [0.29, 0.717) is 29.1 Å². The molecule has 0 aliphatic carbocycles. The molecule has 0 atom stereocenters. The highest BCUT2D eigenvalue weighted by atomic mass is 16.5. The third-order valence-corrected chi connectivity index (χ3v) is 2.78. The number of aromatic nitrogens is 2. The second-order valence-electron chi connectivity index (χ2n) is 4.50. The van der Waals surface area contributed by atoms with Crippen LogP contribution in [-0.4, -0.2) is 35.7 Å². The fourth-order valence-corrected chi connectivity index (χ4v) is 1.89. The van der Waals surface area contributed by atoms with Crippen LogP contribution < -0.4 is 10.3 Å². The first-order valence-corrected chi connectivity index (χ1v) is 5.73. The Morgan fingerprint density at radius 2 is 2.11 bits per heavy atom. The zero-order chi connectivity index (χ0) is 13.3. The standard InChI is InChI=1S/C13H17N3O2/c1-9-14-12-6-5-10(18-4)7-11(12)13(17)16(9)8-15(2)3/h5-7H,8H2,1-4H3. The summed E-state index contributed by atoms with van der Waals surface area (Å²) >= 11 is 0. The summed E-state index contributed by atoms with van der Waals surface area (Å²) in [6.07, 6.45) is 0. The molecule has 96 valence electrons. The largest absolute Gasteiger partial charge is 0.497 e. The van der Waals surface area contributed by atoms with Gasteiger partial charge >= 0.3 is 0 Å². The molecule has 1 aromatic heterocycles. The summed E-state index contributed by atoms with van der Waals surface area (Å²) in [7, 11) is 5.42. The monoisotopic (exact) mass is 247 g/mol. The Bertz CT molecular complexity index is 632. The van der Waals surface area contributed by atoms with Gasteiger partial charge in [0.15, 0.2) is 0 Å². The van der Waals surface area contributed by atoms with E-state index in [-0.39, 0.29) is 5.56 Å². The minimum atomic E-state index is -0.0369. The van der Waals surface area contributed by atoms with Crippen LogP contribution in [0.4, 0.5) is 0 Å². The summed E-state index contributed by atoms with van der Waals surface area (Å²) < 4.78 is 6.80. The molecule has 0 N–H and O–H groups in total. The molecular formula is C13H17N3O2. The van der Waals surface area contributed by atoms with Gasteiger partial charge in [-0.2, -0.15) is 0 Å². The number of nitrogens with zero attached hydrogens (tertiary/aromatic N) is 3. The van der Waals surface area contributed by atoms with Gasteiger partial charge in [-0.1, -0.05) is 0 Å². The average Bonchev–Trinajstić information content (AvgIpc) is 2.34. The number of hydrogen-bond donors (Lipinski definition) is 0. The molecule has 0 spiro atoms. The smallest absolute Gasteiger partial charge is 0.262 e. The molecule has 1 aromatic carbocycles. The van der Waals surface area contributed by atoms with E-state index in [1.165, 1.54) is 0 Å². The summed E-state index contributed by atoms with van der Waals surface area (Å²) in [5.74, 6) is 1.38. The first kappa shape index (κ1) is 12.6. The number of hydrogen-bond acceptors (Lipinski definition) is 4. The third-order valence-electron chi connectivity index (χ3n) is 2.78. The van der Waals surface area contributed by atoms with E-state index in [2.05, 4.69) is 4.98 Å². The summed E-state index contributed by atoms with van der Waals surface area (Å²) in [5, 5.41) is 0.585. The molecule has 0 fully saturated rings. The third kappa shape index (κ3) is 2.22. The molecule has 0 radical (unpaired) electrons. The maximum absolute atomic E-state index is 12.4.